The smallest absolute Gasteiger partial charge is 0.433 e. The third kappa shape index (κ3) is 2.73. The lowest BCUT2D eigenvalue weighted by atomic mass is 10.3. The SMILES string of the molecule is Cc1occc1S(=O)Cc1cnn(C)c1C(F)(F)F. The summed E-state index contributed by atoms with van der Waals surface area (Å²) in [5.41, 5.74) is -0.962. The maximum absolute atomic E-state index is 12.8. The van der Waals surface area contributed by atoms with Gasteiger partial charge in [0.25, 0.3) is 0 Å². The molecule has 2 heterocycles. The topological polar surface area (TPSA) is 48.0 Å². The first-order valence-corrected chi connectivity index (χ1v) is 6.63. The van der Waals surface area contributed by atoms with Crippen LogP contribution in [-0.2, 0) is 29.8 Å². The maximum Gasteiger partial charge on any atom is 0.433 e. The Morgan fingerprint density at radius 2 is 2.16 bits per heavy atom. The number of aryl methyl sites for hydroxylation is 2. The number of hydrogen-bond acceptors (Lipinski definition) is 3. The molecule has 8 heteroatoms. The number of alkyl halides is 3. The molecule has 0 bridgehead atoms. The van der Waals surface area contributed by atoms with Gasteiger partial charge < -0.3 is 4.42 Å². The molecule has 2 aromatic heterocycles. The highest BCUT2D eigenvalue weighted by atomic mass is 32.2. The molecule has 1 unspecified atom stereocenters. The number of rotatable bonds is 3. The van der Waals surface area contributed by atoms with Crippen LogP contribution in [0, 0.1) is 6.92 Å². The van der Waals surface area contributed by atoms with Gasteiger partial charge in [-0.05, 0) is 13.0 Å². The van der Waals surface area contributed by atoms with E-state index in [-0.39, 0.29) is 11.3 Å². The van der Waals surface area contributed by atoms with E-state index in [1.807, 2.05) is 0 Å². The molecule has 4 nitrogen and oxygen atoms in total. The molecular formula is C11H11F3N2O2S. The third-order valence-electron chi connectivity index (χ3n) is 2.63. The van der Waals surface area contributed by atoms with Crippen molar-refractivity contribution in [2.75, 3.05) is 0 Å². The molecule has 2 rings (SSSR count). The van der Waals surface area contributed by atoms with Crippen LogP contribution in [0.15, 0.2) is 27.8 Å². The first-order valence-electron chi connectivity index (χ1n) is 5.31. The van der Waals surface area contributed by atoms with Crippen molar-refractivity contribution < 1.29 is 21.8 Å². The van der Waals surface area contributed by atoms with Crippen LogP contribution in [0.25, 0.3) is 0 Å². The van der Waals surface area contributed by atoms with Gasteiger partial charge in [0.2, 0.25) is 0 Å². The molecule has 0 N–H and O–H groups in total. The van der Waals surface area contributed by atoms with E-state index in [2.05, 4.69) is 5.10 Å². The molecule has 0 fully saturated rings. The van der Waals surface area contributed by atoms with Crippen LogP contribution >= 0.6 is 0 Å². The van der Waals surface area contributed by atoms with Crippen LogP contribution in [0.1, 0.15) is 17.0 Å². The lowest BCUT2D eigenvalue weighted by molar-refractivity contribution is -0.144. The number of aromatic nitrogens is 2. The molecule has 0 spiro atoms. The average molecular weight is 292 g/mol. The second-order valence-electron chi connectivity index (χ2n) is 3.97. The number of halogens is 3. The first kappa shape index (κ1) is 13.9. The van der Waals surface area contributed by atoms with Crippen molar-refractivity contribution in [2.24, 2.45) is 7.05 Å². The van der Waals surface area contributed by atoms with E-state index in [1.54, 1.807) is 6.92 Å². The maximum atomic E-state index is 12.8. The number of nitrogens with zero attached hydrogens (tertiary/aromatic N) is 2. The molecular weight excluding hydrogens is 281 g/mol. The van der Waals surface area contributed by atoms with Crippen molar-refractivity contribution in [2.45, 2.75) is 23.7 Å². The van der Waals surface area contributed by atoms with Gasteiger partial charge in [-0.3, -0.25) is 8.89 Å². The molecule has 0 saturated carbocycles. The van der Waals surface area contributed by atoms with Crippen molar-refractivity contribution >= 4 is 10.8 Å². The Morgan fingerprint density at radius 1 is 1.47 bits per heavy atom. The summed E-state index contributed by atoms with van der Waals surface area (Å²) in [5, 5.41) is 3.58. The number of hydrogen-bond donors (Lipinski definition) is 0. The minimum Gasteiger partial charge on any atom is -0.468 e. The Labute approximate surface area is 109 Å². The van der Waals surface area contributed by atoms with Crippen LogP contribution in [0.3, 0.4) is 0 Å². The van der Waals surface area contributed by atoms with E-state index in [9.17, 15) is 17.4 Å². The van der Waals surface area contributed by atoms with Crippen LogP contribution < -0.4 is 0 Å². The lowest BCUT2D eigenvalue weighted by Crippen LogP contribution is -2.15. The average Bonchev–Trinajstić information content (AvgIpc) is 2.84. The zero-order valence-corrected chi connectivity index (χ0v) is 11.0. The standard InChI is InChI=1S/C11H11F3N2O2S/c1-7-9(3-4-18-7)19(17)6-8-5-15-16(2)10(8)11(12,13)14/h3-5H,6H2,1-2H3. The zero-order chi connectivity index (χ0) is 14.2. The van der Waals surface area contributed by atoms with Crippen LogP contribution in [0.2, 0.25) is 0 Å². The van der Waals surface area contributed by atoms with E-state index >= 15 is 0 Å². The highest BCUT2D eigenvalue weighted by Crippen LogP contribution is 2.32. The summed E-state index contributed by atoms with van der Waals surface area (Å²) in [6.45, 7) is 1.61. The molecule has 0 amide bonds. The molecule has 104 valence electrons. The monoisotopic (exact) mass is 292 g/mol. The summed E-state index contributed by atoms with van der Waals surface area (Å²) >= 11 is 0. The summed E-state index contributed by atoms with van der Waals surface area (Å²) in [6, 6.07) is 1.50. The van der Waals surface area contributed by atoms with Crippen molar-refractivity contribution in [3.63, 3.8) is 0 Å². The molecule has 1 atom stereocenters. The van der Waals surface area contributed by atoms with Crippen LogP contribution in [-0.4, -0.2) is 14.0 Å². The summed E-state index contributed by atoms with van der Waals surface area (Å²) in [4.78, 5) is 0.400. The fourth-order valence-corrected chi connectivity index (χ4v) is 3.01. The second-order valence-corrected chi connectivity index (χ2v) is 5.39. The third-order valence-corrected chi connectivity index (χ3v) is 4.11. The molecule has 0 saturated heterocycles. The molecule has 19 heavy (non-hydrogen) atoms. The van der Waals surface area contributed by atoms with E-state index in [0.29, 0.717) is 10.7 Å². The minimum atomic E-state index is -4.52. The van der Waals surface area contributed by atoms with E-state index in [4.69, 9.17) is 4.42 Å². The zero-order valence-electron chi connectivity index (χ0n) is 10.2. The van der Waals surface area contributed by atoms with Gasteiger partial charge in [-0.2, -0.15) is 18.3 Å². The number of furan rings is 1. The Bertz CT molecular complexity index is 616. The van der Waals surface area contributed by atoms with Crippen molar-refractivity contribution in [1.29, 1.82) is 0 Å². The quantitative estimate of drug-likeness (QED) is 0.873. The van der Waals surface area contributed by atoms with Gasteiger partial charge >= 0.3 is 6.18 Å². The van der Waals surface area contributed by atoms with Gasteiger partial charge in [0.1, 0.15) is 11.5 Å². The van der Waals surface area contributed by atoms with Crippen LogP contribution in [0.4, 0.5) is 13.2 Å². The molecule has 0 aliphatic carbocycles. The predicted octanol–water partition coefficient (Wildman–Crippen LogP) is 2.65. The summed E-state index contributed by atoms with van der Waals surface area (Å²) < 4.78 is 56.3. The predicted molar refractivity (Wildman–Crippen MR) is 61.8 cm³/mol. The molecule has 0 aromatic carbocycles. The van der Waals surface area contributed by atoms with Gasteiger partial charge in [0.15, 0.2) is 0 Å². The van der Waals surface area contributed by atoms with E-state index in [1.165, 1.54) is 19.4 Å². The fraction of sp³-hybridized carbons (Fsp3) is 0.364. The van der Waals surface area contributed by atoms with Crippen molar-refractivity contribution in [3.8, 4) is 0 Å². The molecule has 0 radical (unpaired) electrons. The molecule has 2 aromatic rings. The first-order chi connectivity index (χ1) is 8.80. The molecule has 0 aliphatic heterocycles. The summed E-state index contributed by atoms with van der Waals surface area (Å²) in [7, 11) is -0.387. The molecule has 0 aliphatic rings. The van der Waals surface area contributed by atoms with Gasteiger partial charge in [0, 0.05) is 12.6 Å². The van der Waals surface area contributed by atoms with Gasteiger partial charge in [-0.15, -0.1) is 0 Å². The summed E-state index contributed by atoms with van der Waals surface area (Å²) in [6.07, 6.45) is -2.07. The normalized spacial score (nSPS) is 13.7. The minimum absolute atomic E-state index is 0.0890. The Hall–Kier alpha value is -1.57. The van der Waals surface area contributed by atoms with Gasteiger partial charge in [-0.1, -0.05) is 0 Å². The highest BCUT2D eigenvalue weighted by molar-refractivity contribution is 7.84. The van der Waals surface area contributed by atoms with Crippen LogP contribution in [0.5, 0.6) is 0 Å². The van der Waals surface area contributed by atoms with Crippen molar-refractivity contribution in [3.05, 3.63) is 35.5 Å². The fourth-order valence-electron chi connectivity index (χ4n) is 1.78. The van der Waals surface area contributed by atoms with Crippen molar-refractivity contribution in [1.82, 2.24) is 9.78 Å². The second kappa shape index (κ2) is 4.84. The van der Waals surface area contributed by atoms with Gasteiger partial charge in [-0.25, -0.2) is 0 Å². The van der Waals surface area contributed by atoms with E-state index in [0.717, 1.165) is 10.9 Å². The van der Waals surface area contributed by atoms with E-state index < -0.39 is 22.7 Å². The lowest BCUT2D eigenvalue weighted by Gasteiger charge is -2.09. The highest BCUT2D eigenvalue weighted by Gasteiger charge is 2.37. The summed E-state index contributed by atoms with van der Waals surface area (Å²) in [5.74, 6) is 0.194. The Balaban J connectivity index is 2.31. The van der Waals surface area contributed by atoms with Gasteiger partial charge in [0.05, 0.1) is 33.9 Å². The Kier molecular flexibility index (Phi) is 3.53. The Morgan fingerprint density at radius 3 is 2.68 bits per heavy atom. The largest absolute Gasteiger partial charge is 0.468 e.